The summed E-state index contributed by atoms with van der Waals surface area (Å²) in [6.07, 6.45) is 1.26. The van der Waals surface area contributed by atoms with Crippen LogP contribution in [0.25, 0.3) is 0 Å². The van der Waals surface area contributed by atoms with Gasteiger partial charge in [0.05, 0.1) is 11.9 Å². The van der Waals surface area contributed by atoms with Crippen LogP contribution in [-0.2, 0) is 13.1 Å². The summed E-state index contributed by atoms with van der Waals surface area (Å²) in [5, 5.41) is 12.8. The Labute approximate surface area is 187 Å². The van der Waals surface area contributed by atoms with Crippen molar-refractivity contribution in [3.8, 4) is 5.75 Å². The molecule has 1 aromatic heterocycles. The summed E-state index contributed by atoms with van der Waals surface area (Å²) in [5.74, 6) is -2.89. The number of pyridine rings is 1. The van der Waals surface area contributed by atoms with Crippen molar-refractivity contribution in [2.75, 3.05) is 5.75 Å². The van der Waals surface area contributed by atoms with Gasteiger partial charge in [-0.15, -0.1) is 11.8 Å². The van der Waals surface area contributed by atoms with Crippen molar-refractivity contribution in [3.05, 3.63) is 63.1 Å². The lowest BCUT2D eigenvalue weighted by Gasteiger charge is -2.40. The van der Waals surface area contributed by atoms with E-state index in [0.717, 1.165) is 11.8 Å². The molecule has 2 aliphatic heterocycles. The van der Waals surface area contributed by atoms with Crippen LogP contribution in [0.2, 0.25) is 0 Å². The van der Waals surface area contributed by atoms with Crippen LogP contribution in [0.15, 0.2) is 29.2 Å². The second kappa shape index (κ2) is 7.91. The number of halogens is 2. The lowest BCUT2D eigenvalue weighted by atomic mass is 9.86. The van der Waals surface area contributed by atoms with Crippen molar-refractivity contribution < 1.29 is 23.5 Å². The summed E-state index contributed by atoms with van der Waals surface area (Å²) in [5.41, 5.74) is -1.59. The van der Waals surface area contributed by atoms with Crippen molar-refractivity contribution in [1.82, 2.24) is 14.8 Å². The number of nitrogens with one attached hydrogen (secondary N) is 1. The van der Waals surface area contributed by atoms with Gasteiger partial charge >= 0.3 is 0 Å². The van der Waals surface area contributed by atoms with E-state index in [9.17, 15) is 28.3 Å². The zero-order valence-electron chi connectivity index (χ0n) is 17.8. The fourth-order valence-corrected chi connectivity index (χ4v) is 5.78. The minimum Gasteiger partial charge on any atom is -0.503 e. The molecular weight excluding hydrogens is 440 g/mol. The maximum absolute atomic E-state index is 13.8. The van der Waals surface area contributed by atoms with Crippen LogP contribution in [0.5, 0.6) is 5.75 Å². The van der Waals surface area contributed by atoms with E-state index in [2.05, 4.69) is 5.32 Å². The summed E-state index contributed by atoms with van der Waals surface area (Å²) in [4.78, 5) is 40.2. The predicted octanol–water partition coefficient (Wildman–Crippen LogP) is 2.71. The number of aromatic hydroxyl groups is 1. The van der Waals surface area contributed by atoms with E-state index < -0.39 is 34.6 Å². The highest BCUT2D eigenvalue weighted by Crippen LogP contribution is 2.42. The van der Waals surface area contributed by atoms with E-state index in [1.807, 2.05) is 20.8 Å². The first kappa shape index (κ1) is 22.3. The van der Waals surface area contributed by atoms with Gasteiger partial charge in [0.25, 0.3) is 11.8 Å². The molecule has 0 spiro atoms. The molecule has 0 radical (unpaired) electrons. The topological polar surface area (TPSA) is 91.6 Å². The van der Waals surface area contributed by atoms with E-state index in [0.29, 0.717) is 12.6 Å². The molecule has 2 aliphatic rings. The highest BCUT2D eigenvalue weighted by Gasteiger charge is 2.47. The van der Waals surface area contributed by atoms with Gasteiger partial charge in [-0.25, -0.2) is 8.78 Å². The van der Waals surface area contributed by atoms with Crippen LogP contribution in [0.1, 0.15) is 47.2 Å². The number of rotatable bonds is 3. The second-order valence-corrected chi connectivity index (χ2v) is 10.2. The zero-order valence-corrected chi connectivity index (χ0v) is 18.6. The molecule has 3 heterocycles. The number of fused-ring (bicyclic) bond motifs is 2. The molecule has 0 bridgehead atoms. The Morgan fingerprint density at radius 1 is 1.28 bits per heavy atom. The van der Waals surface area contributed by atoms with Crippen LogP contribution >= 0.6 is 11.8 Å². The molecule has 2 N–H and O–H groups in total. The molecule has 1 fully saturated rings. The molecule has 1 aromatic carbocycles. The Bertz CT molecular complexity index is 1170. The highest BCUT2D eigenvalue weighted by atomic mass is 32.2. The number of thioether (sulfide) groups is 1. The van der Waals surface area contributed by atoms with Gasteiger partial charge in [-0.05, 0) is 11.5 Å². The van der Waals surface area contributed by atoms with E-state index in [-0.39, 0.29) is 40.2 Å². The third-order valence-electron chi connectivity index (χ3n) is 5.84. The number of benzene rings is 1. The van der Waals surface area contributed by atoms with Crippen molar-refractivity contribution in [2.24, 2.45) is 5.41 Å². The molecule has 0 aliphatic carbocycles. The first-order chi connectivity index (χ1) is 15.0. The Hall–Kier alpha value is -2.88. The molecular formula is C22H23F2N3O4S. The summed E-state index contributed by atoms with van der Waals surface area (Å²) in [6, 6.07) is 2.90. The molecule has 2 aromatic rings. The monoisotopic (exact) mass is 463 g/mol. The fraction of sp³-hybridized carbons (Fsp3) is 0.409. The average Bonchev–Trinajstić information content (AvgIpc) is 3.14. The van der Waals surface area contributed by atoms with Gasteiger partial charge < -0.3 is 19.9 Å². The average molecular weight is 464 g/mol. The van der Waals surface area contributed by atoms with Gasteiger partial charge in [-0.2, -0.15) is 0 Å². The Balaban J connectivity index is 1.63. The molecule has 4 rings (SSSR count). The SMILES string of the molecule is CC(C)(C)[C@H]1CSC2Cn3cc(C(=O)NCc4ccc(F)cc4F)c(=O)c(O)c3C(=O)N21. The standard InChI is InChI=1S/C22H23F2N3O4S/c1-22(2,3)15-10-32-16-9-26-8-13(18(28)19(29)17(26)21(31)27(15)16)20(30)25-7-11-4-5-12(23)6-14(11)24/h4-6,8,15-16,29H,7,9-10H2,1-3H3,(H,25,30)/t15-,16?/m1/s1. The molecule has 10 heteroatoms. The minimum absolute atomic E-state index is 0.0448. The lowest BCUT2D eigenvalue weighted by molar-refractivity contribution is 0.0483. The molecule has 1 saturated heterocycles. The molecule has 2 atom stereocenters. The first-order valence-electron chi connectivity index (χ1n) is 10.1. The number of carbonyl (C=O) groups excluding carboxylic acids is 2. The molecule has 2 amide bonds. The maximum atomic E-state index is 13.8. The van der Waals surface area contributed by atoms with Crippen LogP contribution in [-0.4, -0.2) is 43.6 Å². The Kier molecular flexibility index (Phi) is 5.52. The largest absolute Gasteiger partial charge is 0.503 e. The quantitative estimate of drug-likeness (QED) is 0.731. The van der Waals surface area contributed by atoms with Gasteiger partial charge in [-0.1, -0.05) is 26.8 Å². The van der Waals surface area contributed by atoms with Gasteiger partial charge in [0.2, 0.25) is 5.43 Å². The molecule has 0 saturated carbocycles. The summed E-state index contributed by atoms with van der Waals surface area (Å²) in [6.45, 7) is 6.15. The molecule has 1 unspecified atom stereocenters. The number of hydrogen-bond acceptors (Lipinski definition) is 5. The normalized spacial score (nSPS) is 20.2. The number of carbonyl (C=O) groups is 2. The van der Waals surface area contributed by atoms with Crippen LogP contribution in [0.3, 0.4) is 0 Å². The Morgan fingerprint density at radius 2 is 2.00 bits per heavy atom. The lowest BCUT2D eigenvalue weighted by Crippen LogP contribution is -2.52. The maximum Gasteiger partial charge on any atom is 0.275 e. The van der Waals surface area contributed by atoms with Crippen LogP contribution in [0, 0.1) is 17.0 Å². The Morgan fingerprint density at radius 3 is 2.66 bits per heavy atom. The fourth-order valence-electron chi connectivity index (χ4n) is 4.05. The number of aromatic nitrogens is 1. The van der Waals surface area contributed by atoms with Crippen molar-refractivity contribution in [1.29, 1.82) is 0 Å². The second-order valence-electron chi connectivity index (χ2n) is 9.02. The van der Waals surface area contributed by atoms with Crippen molar-refractivity contribution >= 4 is 23.6 Å². The molecule has 170 valence electrons. The van der Waals surface area contributed by atoms with E-state index in [4.69, 9.17) is 0 Å². The molecule has 7 nitrogen and oxygen atoms in total. The van der Waals surface area contributed by atoms with Crippen LogP contribution < -0.4 is 10.7 Å². The number of amides is 2. The van der Waals surface area contributed by atoms with Gasteiger partial charge in [0, 0.05) is 36.2 Å². The van der Waals surface area contributed by atoms with E-state index in [1.165, 1.54) is 16.8 Å². The van der Waals surface area contributed by atoms with Gasteiger partial charge in [0.15, 0.2) is 11.4 Å². The van der Waals surface area contributed by atoms with Gasteiger partial charge in [0.1, 0.15) is 17.2 Å². The van der Waals surface area contributed by atoms with E-state index in [1.54, 1.807) is 16.7 Å². The summed E-state index contributed by atoms with van der Waals surface area (Å²) in [7, 11) is 0. The highest BCUT2D eigenvalue weighted by molar-refractivity contribution is 8.00. The zero-order chi connectivity index (χ0) is 23.4. The van der Waals surface area contributed by atoms with Gasteiger partial charge in [-0.3, -0.25) is 14.4 Å². The predicted molar refractivity (Wildman–Crippen MR) is 116 cm³/mol. The van der Waals surface area contributed by atoms with Crippen LogP contribution in [0.4, 0.5) is 8.78 Å². The van der Waals surface area contributed by atoms with E-state index >= 15 is 0 Å². The summed E-state index contributed by atoms with van der Waals surface area (Å²) < 4.78 is 28.3. The number of hydrogen-bond donors (Lipinski definition) is 2. The van der Waals surface area contributed by atoms with Crippen molar-refractivity contribution in [2.45, 2.75) is 45.3 Å². The third-order valence-corrected chi connectivity index (χ3v) is 7.11. The molecule has 32 heavy (non-hydrogen) atoms. The third kappa shape index (κ3) is 3.76. The van der Waals surface area contributed by atoms with Crippen molar-refractivity contribution in [3.63, 3.8) is 0 Å². The minimum atomic E-state index is -0.973. The smallest absolute Gasteiger partial charge is 0.275 e. The summed E-state index contributed by atoms with van der Waals surface area (Å²) >= 11 is 1.61. The first-order valence-corrected chi connectivity index (χ1v) is 11.2. The number of nitrogens with zero attached hydrogens (tertiary/aromatic N) is 2.